The molecule has 0 unspecified atom stereocenters. The lowest BCUT2D eigenvalue weighted by Gasteiger charge is -2.39. The molecule has 1 aliphatic rings. The molecule has 3 heteroatoms. The Morgan fingerprint density at radius 3 is 2.36 bits per heavy atom. The molecule has 25 heavy (non-hydrogen) atoms. The van der Waals surface area contributed by atoms with Gasteiger partial charge in [0.15, 0.2) is 0 Å². The molecule has 3 rings (SSSR count). The van der Waals surface area contributed by atoms with E-state index in [9.17, 15) is 9.50 Å². The fourth-order valence-electron chi connectivity index (χ4n) is 3.51. The Labute approximate surface area is 153 Å². The second-order valence-corrected chi connectivity index (χ2v) is 7.61. The third-order valence-corrected chi connectivity index (χ3v) is 6.65. The Hall–Kier alpha value is -1.84. The van der Waals surface area contributed by atoms with Crippen LogP contribution in [-0.4, -0.2) is 16.5 Å². The van der Waals surface area contributed by atoms with Crippen LogP contribution in [0.4, 0.5) is 4.39 Å². The lowest BCUT2D eigenvalue weighted by molar-refractivity contribution is 0.342. The van der Waals surface area contributed by atoms with E-state index in [0.717, 1.165) is 24.0 Å². The fraction of sp³-hybridized carbons (Fsp3) is 0.273. The second-order valence-electron chi connectivity index (χ2n) is 6.18. The minimum Gasteiger partial charge on any atom is -0.392 e. The largest absolute Gasteiger partial charge is 0.392 e. The number of aliphatic hydroxyl groups excluding tert-OH is 1. The Balaban J connectivity index is 2.34. The van der Waals surface area contributed by atoms with Gasteiger partial charge in [-0.3, -0.25) is 0 Å². The zero-order valence-electron chi connectivity index (χ0n) is 14.6. The van der Waals surface area contributed by atoms with Gasteiger partial charge in [0.2, 0.25) is 0 Å². The summed E-state index contributed by atoms with van der Waals surface area (Å²) < 4.78 is 13.4. The summed E-state index contributed by atoms with van der Waals surface area (Å²) in [5, 5.41) is 9.34. The number of aliphatic hydroxyl groups is 1. The van der Waals surface area contributed by atoms with E-state index in [0.29, 0.717) is 0 Å². The number of hydrogen-bond donors (Lipinski definition) is 1. The predicted octanol–water partition coefficient (Wildman–Crippen LogP) is 5.84. The van der Waals surface area contributed by atoms with Crippen LogP contribution in [0.3, 0.4) is 0 Å². The molecule has 0 saturated carbocycles. The fourth-order valence-corrected chi connectivity index (χ4v) is 4.93. The van der Waals surface area contributed by atoms with Crippen molar-refractivity contribution in [3.8, 4) is 0 Å². The highest BCUT2D eigenvalue weighted by Crippen LogP contribution is 2.54. The van der Waals surface area contributed by atoms with Gasteiger partial charge in [-0.2, -0.15) is 0 Å². The number of rotatable bonds is 5. The topological polar surface area (TPSA) is 20.2 Å². The Bertz CT molecular complexity index is 801. The molecule has 1 aliphatic heterocycles. The first-order chi connectivity index (χ1) is 12.1. The third-order valence-electron chi connectivity index (χ3n) is 4.89. The minimum atomic E-state index is -0.229. The summed E-state index contributed by atoms with van der Waals surface area (Å²) in [6.45, 7) is 4.43. The molecular formula is C22H23FOS. The summed E-state index contributed by atoms with van der Waals surface area (Å²) in [4.78, 5) is 1.26. The monoisotopic (exact) mass is 354 g/mol. The van der Waals surface area contributed by atoms with Crippen molar-refractivity contribution in [2.75, 3.05) is 6.61 Å². The summed E-state index contributed by atoms with van der Waals surface area (Å²) in [5.41, 5.74) is 4.54. The Kier molecular flexibility index (Phi) is 5.45. The molecule has 0 fully saturated rings. The summed E-state index contributed by atoms with van der Waals surface area (Å²) in [6.07, 6.45) is 5.82. The number of allylic oxidation sites excluding steroid dienone is 1. The normalized spacial score (nSPS) is 16.3. The van der Waals surface area contributed by atoms with Crippen LogP contribution in [0.5, 0.6) is 0 Å². The predicted molar refractivity (Wildman–Crippen MR) is 104 cm³/mol. The lowest BCUT2D eigenvalue weighted by atomic mass is 9.82. The molecule has 1 N–H and O–H groups in total. The number of thioether (sulfide) groups is 1. The molecule has 130 valence electrons. The van der Waals surface area contributed by atoms with Crippen molar-refractivity contribution in [1.29, 1.82) is 0 Å². The van der Waals surface area contributed by atoms with Crippen LogP contribution >= 0.6 is 11.8 Å². The summed E-state index contributed by atoms with van der Waals surface area (Å²) >= 11 is 1.90. The van der Waals surface area contributed by atoms with Crippen LogP contribution in [0, 0.1) is 5.82 Å². The zero-order chi connectivity index (χ0) is 17.9. The molecule has 0 spiro atoms. The molecule has 0 radical (unpaired) electrons. The van der Waals surface area contributed by atoms with Crippen LogP contribution < -0.4 is 0 Å². The number of benzene rings is 2. The van der Waals surface area contributed by atoms with Gasteiger partial charge in [-0.25, -0.2) is 4.39 Å². The maximum atomic E-state index is 13.5. The van der Waals surface area contributed by atoms with E-state index in [4.69, 9.17) is 0 Å². The smallest absolute Gasteiger partial charge is 0.123 e. The van der Waals surface area contributed by atoms with Crippen molar-refractivity contribution in [1.82, 2.24) is 0 Å². The molecule has 2 aromatic carbocycles. The average Bonchev–Trinajstić information content (AvgIpc) is 2.66. The molecule has 0 saturated heterocycles. The molecular weight excluding hydrogens is 331 g/mol. The maximum Gasteiger partial charge on any atom is 0.123 e. The quantitative estimate of drug-likeness (QED) is 0.728. The summed E-state index contributed by atoms with van der Waals surface area (Å²) in [5.74, 6) is -0.229. The van der Waals surface area contributed by atoms with Gasteiger partial charge in [0, 0.05) is 9.64 Å². The highest BCUT2D eigenvalue weighted by Gasteiger charge is 2.38. The average molecular weight is 354 g/mol. The van der Waals surface area contributed by atoms with E-state index in [1.54, 1.807) is 6.08 Å². The van der Waals surface area contributed by atoms with Crippen molar-refractivity contribution in [2.45, 2.75) is 36.3 Å². The number of fused-ring (bicyclic) bond motifs is 1. The van der Waals surface area contributed by atoms with Crippen molar-refractivity contribution in [3.63, 3.8) is 0 Å². The van der Waals surface area contributed by atoms with Gasteiger partial charge in [-0.15, -0.1) is 11.8 Å². The van der Waals surface area contributed by atoms with E-state index < -0.39 is 0 Å². The van der Waals surface area contributed by atoms with E-state index >= 15 is 0 Å². The molecule has 0 aromatic heterocycles. The zero-order valence-corrected chi connectivity index (χ0v) is 15.4. The molecule has 0 amide bonds. The highest BCUT2D eigenvalue weighted by molar-refractivity contribution is 8.01. The van der Waals surface area contributed by atoms with E-state index in [1.165, 1.54) is 28.2 Å². The van der Waals surface area contributed by atoms with E-state index in [-0.39, 0.29) is 17.2 Å². The van der Waals surface area contributed by atoms with Gasteiger partial charge in [0.05, 0.1) is 6.61 Å². The highest BCUT2D eigenvalue weighted by atomic mass is 32.2. The molecule has 1 nitrogen and oxygen atoms in total. The van der Waals surface area contributed by atoms with Crippen molar-refractivity contribution in [3.05, 3.63) is 83.2 Å². The second kappa shape index (κ2) is 7.59. The molecule has 2 aromatic rings. The summed E-state index contributed by atoms with van der Waals surface area (Å²) in [6, 6.07) is 15.1. The number of hydrogen-bond acceptors (Lipinski definition) is 2. The van der Waals surface area contributed by atoms with Crippen LogP contribution in [0.1, 0.15) is 37.8 Å². The Morgan fingerprint density at radius 2 is 1.72 bits per heavy atom. The van der Waals surface area contributed by atoms with Crippen LogP contribution in [0.25, 0.3) is 5.57 Å². The minimum absolute atomic E-state index is 0.00994. The van der Waals surface area contributed by atoms with Crippen LogP contribution in [-0.2, 0) is 0 Å². The summed E-state index contributed by atoms with van der Waals surface area (Å²) in [7, 11) is 0. The first-order valence-electron chi connectivity index (χ1n) is 8.71. The van der Waals surface area contributed by atoms with Crippen molar-refractivity contribution < 1.29 is 9.50 Å². The van der Waals surface area contributed by atoms with Gasteiger partial charge in [-0.1, -0.05) is 56.3 Å². The lowest BCUT2D eigenvalue weighted by Crippen LogP contribution is -2.29. The number of halogens is 1. The molecule has 0 atom stereocenters. The third kappa shape index (κ3) is 3.31. The van der Waals surface area contributed by atoms with E-state index in [1.807, 2.05) is 30.0 Å². The molecule has 0 bridgehead atoms. The van der Waals surface area contributed by atoms with Gasteiger partial charge in [-0.05, 0) is 53.3 Å². The van der Waals surface area contributed by atoms with E-state index in [2.05, 4.69) is 38.1 Å². The van der Waals surface area contributed by atoms with Gasteiger partial charge in [0.25, 0.3) is 0 Å². The van der Waals surface area contributed by atoms with Crippen LogP contribution in [0.15, 0.2) is 71.2 Å². The first-order valence-corrected chi connectivity index (χ1v) is 9.53. The first kappa shape index (κ1) is 18.0. The van der Waals surface area contributed by atoms with Crippen molar-refractivity contribution >= 4 is 17.3 Å². The molecule has 1 heterocycles. The van der Waals surface area contributed by atoms with Gasteiger partial charge < -0.3 is 5.11 Å². The Morgan fingerprint density at radius 1 is 1.04 bits per heavy atom. The van der Waals surface area contributed by atoms with Crippen molar-refractivity contribution in [2.24, 2.45) is 0 Å². The maximum absolute atomic E-state index is 13.5. The SMILES string of the molecule is CCC1(CC)Sc2ccccc2C(c2ccc(F)cc2)=C1C=CCO. The molecule has 0 aliphatic carbocycles. The standard InChI is InChI=1S/C22H23FOS/c1-3-22(4-2)19(9-7-15-24)21(16-11-13-17(23)14-12-16)18-8-5-6-10-20(18)25-22/h5-14,24H,3-4,15H2,1-2H3. The van der Waals surface area contributed by atoms with Crippen LogP contribution in [0.2, 0.25) is 0 Å². The van der Waals surface area contributed by atoms with Gasteiger partial charge in [0.1, 0.15) is 5.82 Å². The van der Waals surface area contributed by atoms with Gasteiger partial charge >= 0.3 is 0 Å².